The Hall–Kier alpha value is -2.12. The number of aromatic nitrogens is 3. The third-order valence-corrected chi connectivity index (χ3v) is 3.78. The van der Waals surface area contributed by atoms with Crippen molar-refractivity contribution in [3.8, 4) is 11.6 Å². The van der Waals surface area contributed by atoms with Crippen molar-refractivity contribution < 1.29 is 9.47 Å². The first kappa shape index (κ1) is 13.8. The lowest BCUT2D eigenvalue weighted by molar-refractivity contribution is 0.293. The maximum Gasteiger partial charge on any atom is 0.214 e. The number of anilines is 1. The molecule has 0 fully saturated rings. The number of nitrogens with zero attached hydrogens (tertiary/aromatic N) is 3. The van der Waals surface area contributed by atoms with Crippen molar-refractivity contribution in [2.75, 3.05) is 12.8 Å². The maximum atomic E-state index is 5.98. The van der Waals surface area contributed by atoms with E-state index >= 15 is 0 Å². The van der Waals surface area contributed by atoms with E-state index in [2.05, 4.69) is 15.2 Å². The minimum absolute atomic E-state index is 0.263. The van der Waals surface area contributed by atoms with E-state index < -0.39 is 0 Å². The van der Waals surface area contributed by atoms with Crippen LogP contribution in [0.4, 0.5) is 5.69 Å². The zero-order chi connectivity index (χ0) is 14.8. The first-order valence-electron chi connectivity index (χ1n) is 6.00. The largest absolute Gasteiger partial charge is 0.497 e. The molecule has 2 heterocycles. The van der Waals surface area contributed by atoms with Gasteiger partial charge in [-0.25, -0.2) is 4.98 Å². The molecule has 6 nitrogen and oxygen atoms in total. The Balaban J connectivity index is 1.85. The van der Waals surface area contributed by atoms with Gasteiger partial charge in [-0.15, -0.1) is 10.2 Å². The van der Waals surface area contributed by atoms with Crippen LogP contribution in [0.15, 0.2) is 24.3 Å². The van der Waals surface area contributed by atoms with E-state index in [1.54, 1.807) is 19.2 Å². The average molecular weight is 323 g/mol. The van der Waals surface area contributed by atoms with E-state index in [-0.39, 0.29) is 6.61 Å². The molecule has 0 amide bonds. The molecule has 2 N–H and O–H groups in total. The molecule has 0 aliphatic heterocycles. The van der Waals surface area contributed by atoms with E-state index in [9.17, 15) is 0 Å². The molecule has 108 valence electrons. The van der Waals surface area contributed by atoms with E-state index in [0.717, 1.165) is 5.39 Å². The van der Waals surface area contributed by atoms with Gasteiger partial charge < -0.3 is 15.2 Å². The highest BCUT2D eigenvalue weighted by Crippen LogP contribution is 2.28. The van der Waals surface area contributed by atoms with Crippen molar-refractivity contribution in [2.45, 2.75) is 6.61 Å². The Bertz CT molecular complexity index is 793. The summed E-state index contributed by atoms with van der Waals surface area (Å²) in [6.45, 7) is 0.263. The molecular formula is C13H11ClN4O2S. The van der Waals surface area contributed by atoms with Crippen LogP contribution in [0.5, 0.6) is 11.6 Å². The molecule has 0 bridgehead atoms. The molecule has 8 heteroatoms. The van der Waals surface area contributed by atoms with Crippen LogP contribution in [-0.4, -0.2) is 22.3 Å². The van der Waals surface area contributed by atoms with Gasteiger partial charge in [-0.2, -0.15) is 0 Å². The van der Waals surface area contributed by atoms with Crippen LogP contribution < -0.4 is 15.2 Å². The van der Waals surface area contributed by atoms with Crippen LogP contribution in [0.2, 0.25) is 4.47 Å². The van der Waals surface area contributed by atoms with Gasteiger partial charge in [0.25, 0.3) is 0 Å². The second-order valence-electron chi connectivity index (χ2n) is 4.18. The quantitative estimate of drug-likeness (QED) is 0.744. The molecule has 0 saturated heterocycles. The molecule has 0 saturated carbocycles. The Kier molecular flexibility index (Phi) is 3.76. The zero-order valence-electron chi connectivity index (χ0n) is 11.0. The number of pyridine rings is 1. The van der Waals surface area contributed by atoms with Crippen molar-refractivity contribution in [1.29, 1.82) is 0 Å². The smallest absolute Gasteiger partial charge is 0.214 e. The van der Waals surface area contributed by atoms with Crippen molar-refractivity contribution in [2.24, 2.45) is 0 Å². The number of fused-ring (bicyclic) bond motifs is 1. The number of nitrogens with two attached hydrogens (primary N) is 1. The van der Waals surface area contributed by atoms with Gasteiger partial charge in [-0.05, 0) is 23.7 Å². The highest BCUT2D eigenvalue weighted by molar-refractivity contribution is 7.15. The fraction of sp³-hybridized carbons (Fsp3) is 0.154. The fourth-order valence-corrected chi connectivity index (χ4v) is 2.62. The SMILES string of the molecule is COc1cc(N)c2nc(OCc3nnc(Cl)s3)ccc2c1. The Labute approximate surface area is 129 Å². The molecule has 3 rings (SSSR count). The highest BCUT2D eigenvalue weighted by Gasteiger charge is 2.07. The van der Waals surface area contributed by atoms with Gasteiger partial charge in [-0.3, -0.25) is 0 Å². The normalized spacial score (nSPS) is 10.8. The molecule has 1 aromatic carbocycles. The second-order valence-corrected chi connectivity index (χ2v) is 5.82. The number of ether oxygens (including phenoxy) is 2. The predicted octanol–water partition coefficient (Wildman–Crippen LogP) is 2.91. The van der Waals surface area contributed by atoms with Gasteiger partial charge in [0, 0.05) is 17.5 Å². The Morgan fingerprint density at radius 2 is 2.14 bits per heavy atom. The summed E-state index contributed by atoms with van der Waals surface area (Å²) in [5.74, 6) is 1.16. The van der Waals surface area contributed by atoms with Crippen LogP contribution in [-0.2, 0) is 6.61 Å². The molecule has 2 aromatic heterocycles. The molecule has 0 radical (unpaired) electrons. The van der Waals surface area contributed by atoms with Crippen LogP contribution in [0.25, 0.3) is 10.9 Å². The van der Waals surface area contributed by atoms with E-state index in [1.165, 1.54) is 11.3 Å². The van der Waals surface area contributed by atoms with Crippen LogP contribution in [0, 0.1) is 0 Å². The van der Waals surface area contributed by atoms with E-state index in [4.69, 9.17) is 26.8 Å². The molecule has 0 unspecified atom stereocenters. The summed E-state index contributed by atoms with van der Waals surface area (Å²) in [4.78, 5) is 4.39. The number of benzene rings is 1. The van der Waals surface area contributed by atoms with Gasteiger partial charge in [0.05, 0.1) is 18.3 Å². The molecule has 0 aliphatic carbocycles. The highest BCUT2D eigenvalue weighted by atomic mass is 35.5. The third-order valence-electron chi connectivity index (χ3n) is 2.79. The van der Waals surface area contributed by atoms with Gasteiger partial charge in [0.1, 0.15) is 12.4 Å². The Morgan fingerprint density at radius 3 is 2.86 bits per heavy atom. The molecule has 3 aromatic rings. The van der Waals surface area contributed by atoms with Crippen molar-refractivity contribution in [1.82, 2.24) is 15.2 Å². The number of hydrogen-bond acceptors (Lipinski definition) is 7. The minimum atomic E-state index is 0.263. The zero-order valence-corrected chi connectivity index (χ0v) is 12.6. The summed E-state index contributed by atoms with van der Waals surface area (Å²) >= 11 is 6.98. The van der Waals surface area contributed by atoms with Crippen molar-refractivity contribution in [3.63, 3.8) is 0 Å². The topological polar surface area (TPSA) is 83.2 Å². The van der Waals surface area contributed by atoms with Gasteiger partial charge >= 0.3 is 0 Å². The molecule has 21 heavy (non-hydrogen) atoms. The fourth-order valence-electron chi connectivity index (χ4n) is 1.84. The molecule has 0 atom stereocenters. The summed E-state index contributed by atoms with van der Waals surface area (Å²) in [6, 6.07) is 7.24. The lowest BCUT2D eigenvalue weighted by atomic mass is 10.2. The number of rotatable bonds is 4. The molecule has 0 aliphatic rings. The summed E-state index contributed by atoms with van der Waals surface area (Å²) in [5.41, 5.74) is 7.18. The number of halogens is 1. The number of methoxy groups -OCH3 is 1. The monoisotopic (exact) mass is 322 g/mol. The molecular weight excluding hydrogens is 312 g/mol. The van der Waals surface area contributed by atoms with Crippen molar-refractivity contribution in [3.05, 3.63) is 33.7 Å². The van der Waals surface area contributed by atoms with Crippen molar-refractivity contribution >= 4 is 39.5 Å². The van der Waals surface area contributed by atoms with E-state index in [0.29, 0.717) is 32.3 Å². The van der Waals surface area contributed by atoms with Gasteiger partial charge in [-0.1, -0.05) is 11.3 Å². The number of hydrogen-bond donors (Lipinski definition) is 1. The Morgan fingerprint density at radius 1 is 1.29 bits per heavy atom. The summed E-state index contributed by atoms with van der Waals surface area (Å²) in [7, 11) is 1.60. The first-order valence-corrected chi connectivity index (χ1v) is 7.20. The van der Waals surface area contributed by atoms with E-state index in [1.807, 2.05) is 12.1 Å². The van der Waals surface area contributed by atoms with Crippen LogP contribution >= 0.6 is 22.9 Å². The first-order chi connectivity index (χ1) is 10.2. The predicted molar refractivity (Wildman–Crippen MR) is 82.0 cm³/mol. The minimum Gasteiger partial charge on any atom is -0.497 e. The second kappa shape index (κ2) is 5.71. The summed E-state index contributed by atoms with van der Waals surface area (Å²) in [5, 5.41) is 9.16. The number of nitrogen functional groups attached to an aromatic ring is 1. The van der Waals surface area contributed by atoms with Gasteiger partial charge in [0.2, 0.25) is 10.3 Å². The average Bonchev–Trinajstić information content (AvgIpc) is 2.91. The summed E-state index contributed by atoms with van der Waals surface area (Å²) in [6.07, 6.45) is 0. The lowest BCUT2D eigenvalue weighted by Gasteiger charge is -2.08. The molecule has 0 spiro atoms. The van der Waals surface area contributed by atoms with Crippen LogP contribution in [0.3, 0.4) is 0 Å². The summed E-state index contributed by atoms with van der Waals surface area (Å²) < 4.78 is 11.1. The standard InChI is InChI=1S/C13H11ClN4O2S/c1-19-8-4-7-2-3-10(16-12(7)9(15)5-8)20-6-11-17-18-13(14)21-11/h2-5H,6,15H2,1H3. The maximum absolute atomic E-state index is 5.98. The van der Waals surface area contributed by atoms with Crippen LogP contribution in [0.1, 0.15) is 5.01 Å². The lowest BCUT2D eigenvalue weighted by Crippen LogP contribution is -1.98. The van der Waals surface area contributed by atoms with Gasteiger partial charge in [0.15, 0.2) is 5.01 Å². The third kappa shape index (κ3) is 2.98.